The normalized spacial score (nSPS) is 27.3. The molecule has 0 radical (unpaired) electrons. The number of hydrogen-bond acceptors (Lipinski definition) is 2. The van der Waals surface area contributed by atoms with Crippen LogP contribution in [0.1, 0.15) is 40.4 Å². The van der Waals surface area contributed by atoms with Gasteiger partial charge in [-0.3, -0.25) is 4.79 Å². The van der Waals surface area contributed by atoms with Crippen molar-refractivity contribution in [3.8, 4) is 0 Å². The van der Waals surface area contributed by atoms with E-state index < -0.39 is 5.60 Å². The number of aryl methyl sites for hydroxylation is 1. The van der Waals surface area contributed by atoms with E-state index in [0.29, 0.717) is 0 Å². The summed E-state index contributed by atoms with van der Waals surface area (Å²) in [5.41, 5.74) is 2.03. The number of Topliss-reactive ketones (excluding diaryl/α,β-unsaturated/α-hetero) is 1. The van der Waals surface area contributed by atoms with E-state index in [1.165, 1.54) is 12.1 Å². The van der Waals surface area contributed by atoms with E-state index in [2.05, 4.69) is 0 Å². The van der Waals surface area contributed by atoms with Crippen LogP contribution in [-0.2, 0) is 11.2 Å². The van der Waals surface area contributed by atoms with Gasteiger partial charge in [-0.2, -0.15) is 0 Å². The van der Waals surface area contributed by atoms with Crippen LogP contribution in [0.25, 0.3) is 0 Å². The van der Waals surface area contributed by atoms with Gasteiger partial charge in [0, 0.05) is 5.56 Å². The molecule has 2 aromatic carbocycles. The third-order valence-corrected chi connectivity index (χ3v) is 4.51. The predicted molar refractivity (Wildman–Crippen MR) is 76.7 cm³/mol. The summed E-state index contributed by atoms with van der Waals surface area (Å²) in [6, 6.07) is 14.0. The molecule has 2 nitrogen and oxygen atoms in total. The van der Waals surface area contributed by atoms with Crippen molar-refractivity contribution >= 4 is 5.78 Å². The number of carbonyl (C=O) groups is 1. The van der Waals surface area contributed by atoms with Gasteiger partial charge in [0.15, 0.2) is 11.4 Å². The molecule has 0 amide bonds. The standard InChI is InChI=1S/C18H15FO2/c19-14-9-7-13(8-10-14)17-18(21-17)11-3-5-12-4-1-2-6-15(12)16(18)20/h1-2,4,6-10,17H,3,5,11H2/t17-,18+/m1/s1. The van der Waals surface area contributed by atoms with Gasteiger partial charge in [0.2, 0.25) is 0 Å². The van der Waals surface area contributed by atoms with E-state index in [-0.39, 0.29) is 17.7 Å². The van der Waals surface area contributed by atoms with Gasteiger partial charge in [0.1, 0.15) is 11.9 Å². The zero-order valence-corrected chi connectivity index (χ0v) is 11.5. The summed E-state index contributed by atoms with van der Waals surface area (Å²) in [6.45, 7) is 0. The van der Waals surface area contributed by atoms with Crippen LogP contribution < -0.4 is 0 Å². The first kappa shape index (κ1) is 12.7. The highest BCUT2D eigenvalue weighted by Crippen LogP contribution is 2.55. The topological polar surface area (TPSA) is 29.6 Å². The highest BCUT2D eigenvalue weighted by molar-refractivity contribution is 6.06. The van der Waals surface area contributed by atoms with E-state index in [0.717, 1.165) is 36.0 Å². The van der Waals surface area contributed by atoms with Gasteiger partial charge in [0.25, 0.3) is 0 Å². The second-order valence-electron chi connectivity index (χ2n) is 5.78. The molecule has 21 heavy (non-hydrogen) atoms. The maximum Gasteiger partial charge on any atom is 0.197 e. The first-order chi connectivity index (χ1) is 10.2. The van der Waals surface area contributed by atoms with Crippen LogP contribution in [0.5, 0.6) is 0 Å². The Morgan fingerprint density at radius 1 is 1.10 bits per heavy atom. The largest absolute Gasteiger partial charge is 0.352 e. The molecular formula is C18H15FO2. The molecule has 1 fully saturated rings. The Morgan fingerprint density at radius 3 is 2.67 bits per heavy atom. The molecule has 0 unspecified atom stereocenters. The van der Waals surface area contributed by atoms with Gasteiger partial charge in [-0.25, -0.2) is 4.39 Å². The molecule has 0 N–H and O–H groups in total. The van der Waals surface area contributed by atoms with Gasteiger partial charge >= 0.3 is 0 Å². The number of rotatable bonds is 1. The number of epoxide rings is 1. The third-order valence-electron chi connectivity index (χ3n) is 4.51. The van der Waals surface area contributed by atoms with Gasteiger partial charge in [-0.1, -0.05) is 36.4 Å². The smallest absolute Gasteiger partial charge is 0.197 e. The zero-order chi connectivity index (χ0) is 14.4. The van der Waals surface area contributed by atoms with Crippen molar-refractivity contribution in [2.24, 2.45) is 0 Å². The number of ether oxygens (including phenoxy) is 1. The molecule has 106 valence electrons. The average molecular weight is 282 g/mol. The molecule has 2 atom stereocenters. The van der Waals surface area contributed by atoms with Gasteiger partial charge in [0.05, 0.1) is 0 Å². The minimum Gasteiger partial charge on any atom is -0.352 e. The first-order valence-electron chi connectivity index (χ1n) is 7.27. The number of fused-ring (bicyclic) bond motifs is 1. The fourth-order valence-electron chi connectivity index (χ4n) is 3.36. The summed E-state index contributed by atoms with van der Waals surface area (Å²) in [5, 5.41) is 0. The monoisotopic (exact) mass is 282 g/mol. The molecule has 3 heteroatoms. The summed E-state index contributed by atoms with van der Waals surface area (Å²) < 4.78 is 18.9. The highest BCUT2D eigenvalue weighted by atomic mass is 19.1. The molecule has 1 saturated heterocycles. The summed E-state index contributed by atoms with van der Waals surface area (Å²) in [7, 11) is 0. The van der Waals surface area contributed by atoms with Crippen molar-refractivity contribution in [1.82, 2.24) is 0 Å². The van der Waals surface area contributed by atoms with Crippen LogP contribution in [0.4, 0.5) is 4.39 Å². The number of benzene rings is 2. The quantitative estimate of drug-likeness (QED) is 0.743. The summed E-state index contributed by atoms with van der Waals surface area (Å²) in [5.74, 6) is -0.198. The van der Waals surface area contributed by atoms with Crippen LogP contribution in [0, 0.1) is 5.82 Å². The minimum atomic E-state index is -0.732. The average Bonchev–Trinajstić information content (AvgIpc) is 3.25. The van der Waals surface area contributed by atoms with Crippen molar-refractivity contribution in [3.63, 3.8) is 0 Å². The van der Waals surface area contributed by atoms with E-state index in [4.69, 9.17) is 4.74 Å². The Hall–Kier alpha value is -2.00. The second kappa shape index (κ2) is 4.50. The van der Waals surface area contributed by atoms with Gasteiger partial charge < -0.3 is 4.74 Å². The van der Waals surface area contributed by atoms with E-state index >= 15 is 0 Å². The number of hydrogen-bond donors (Lipinski definition) is 0. The molecule has 0 aromatic heterocycles. The number of carbonyl (C=O) groups excluding carboxylic acids is 1. The fourth-order valence-corrected chi connectivity index (χ4v) is 3.36. The molecule has 2 aromatic rings. The Morgan fingerprint density at radius 2 is 1.86 bits per heavy atom. The van der Waals surface area contributed by atoms with Crippen molar-refractivity contribution < 1.29 is 13.9 Å². The van der Waals surface area contributed by atoms with E-state index in [1.807, 2.05) is 24.3 Å². The van der Waals surface area contributed by atoms with Crippen molar-refractivity contribution in [2.75, 3.05) is 0 Å². The van der Waals surface area contributed by atoms with E-state index in [9.17, 15) is 9.18 Å². The minimum absolute atomic E-state index is 0.0740. The van der Waals surface area contributed by atoms with Crippen LogP contribution in [-0.4, -0.2) is 11.4 Å². The zero-order valence-electron chi connectivity index (χ0n) is 11.5. The van der Waals surface area contributed by atoms with Crippen LogP contribution in [0.15, 0.2) is 48.5 Å². The number of halogens is 1. The Bertz CT molecular complexity index is 707. The lowest BCUT2D eigenvalue weighted by Crippen LogP contribution is -2.24. The molecule has 1 spiro atoms. The summed E-state index contributed by atoms with van der Waals surface area (Å²) in [4.78, 5) is 12.9. The Labute approximate surface area is 122 Å². The summed E-state index contributed by atoms with van der Waals surface area (Å²) in [6.07, 6.45) is 2.32. The molecular weight excluding hydrogens is 267 g/mol. The lowest BCUT2D eigenvalue weighted by Gasteiger charge is -2.09. The molecule has 4 rings (SSSR count). The molecule has 1 aliphatic carbocycles. The van der Waals surface area contributed by atoms with Crippen molar-refractivity contribution in [3.05, 3.63) is 71.0 Å². The molecule has 2 aliphatic rings. The molecule has 0 saturated carbocycles. The Kier molecular flexibility index (Phi) is 2.73. The lowest BCUT2D eigenvalue weighted by molar-refractivity contribution is 0.0867. The third kappa shape index (κ3) is 1.92. The maximum atomic E-state index is 13.0. The molecule has 0 bridgehead atoms. The lowest BCUT2D eigenvalue weighted by atomic mass is 9.89. The van der Waals surface area contributed by atoms with Crippen molar-refractivity contribution in [1.29, 1.82) is 0 Å². The van der Waals surface area contributed by atoms with Crippen LogP contribution in [0.3, 0.4) is 0 Å². The van der Waals surface area contributed by atoms with Gasteiger partial charge in [-0.15, -0.1) is 0 Å². The molecule has 1 aliphatic heterocycles. The van der Waals surface area contributed by atoms with E-state index in [1.54, 1.807) is 12.1 Å². The Balaban J connectivity index is 1.70. The van der Waals surface area contributed by atoms with Crippen LogP contribution in [0.2, 0.25) is 0 Å². The van der Waals surface area contributed by atoms with Gasteiger partial charge in [-0.05, 0) is 42.5 Å². The second-order valence-corrected chi connectivity index (χ2v) is 5.78. The first-order valence-corrected chi connectivity index (χ1v) is 7.27. The SMILES string of the molecule is O=C1c2ccccc2CCC[C@]12O[C@@H]2c1ccc(F)cc1. The molecule has 1 heterocycles. The summed E-state index contributed by atoms with van der Waals surface area (Å²) >= 11 is 0. The van der Waals surface area contributed by atoms with Crippen molar-refractivity contribution in [2.45, 2.75) is 31.0 Å². The fraction of sp³-hybridized carbons (Fsp3) is 0.278. The predicted octanol–water partition coefficient (Wildman–Crippen LogP) is 3.86. The highest BCUT2D eigenvalue weighted by Gasteiger charge is 2.62. The maximum absolute atomic E-state index is 13.0. The number of ketones is 1. The van der Waals surface area contributed by atoms with Crippen LogP contribution >= 0.6 is 0 Å².